The van der Waals surface area contributed by atoms with Crippen LogP contribution < -0.4 is 14.5 Å². The summed E-state index contributed by atoms with van der Waals surface area (Å²) in [6.45, 7) is 4.67. The summed E-state index contributed by atoms with van der Waals surface area (Å²) in [4.78, 5) is 4.77. The molecule has 4 heteroatoms. The van der Waals surface area contributed by atoms with Crippen molar-refractivity contribution in [3.63, 3.8) is 0 Å². The number of hydrogen-bond donors (Lipinski definition) is 0. The fraction of sp³-hybridized carbons (Fsp3) is 0.0612. The molecule has 4 nitrogen and oxygen atoms in total. The molecule has 252 valence electrons. The van der Waals surface area contributed by atoms with Gasteiger partial charge in [0.2, 0.25) is 0 Å². The highest BCUT2D eigenvalue weighted by atomic mass is 16.5. The van der Waals surface area contributed by atoms with Gasteiger partial charge in [0.15, 0.2) is 17.1 Å². The molecule has 1 aromatic heterocycles. The van der Waals surface area contributed by atoms with Gasteiger partial charge in [0.25, 0.3) is 0 Å². The van der Waals surface area contributed by atoms with E-state index in [-0.39, 0.29) is 5.41 Å². The quantitative estimate of drug-likeness (QED) is 0.185. The lowest BCUT2D eigenvalue weighted by Gasteiger charge is -2.45. The molecule has 0 amide bonds. The first kappa shape index (κ1) is 29.9. The molecular formula is C49H34N2O2. The Morgan fingerprint density at radius 3 is 2.09 bits per heavy atom. The van der Waals surface area contributed by atoms with E-state index in [1.807, 2.05) is 12.1 Å². The van der Waals surface area contributed by atoms with Crippen molar-refractivity contribution in [3.05, 3.63) is 181 Å². The molecule has 53 heavy (non-hydrogen) atoms. The zero-order valence-electron chi connectivity index (χ0n) is 29.4. The van der Waals surface area contributed by atoms with Crippen molar-refractivity contribution in [2.24, 2.45) is 0 Å². The number of rotatable bonds is 4. The number of hydrogen-bond acceptors (Lipinski definition) is 4. The lowest BCUT2D eigenvalue weighted by atomic mass is 9.72. The van der Waals surface area contributed by atoms with Crippen LogP contribution in [0.2, 0.25) is 0 Å². The maximum absolute atomic E-state index is 7.02. The Morgan fingerprint density at radius 1 is 0.509 bits per heavy atom. The van der Waals surface area contributed by atoms with Crippen LogP contribution in [0, 0.1) is 0 Å². The predicted molar refractivity (Wildman–Crippen MR) is 218 cm³/mol. The van der Waals surface area contributed by atoms with Gasteiger partial charge in [-0.3, -0.25) is 0 Å². The lowest BCUT2D eigenvalue weighted by molar-refractivity contribution is 0.472. The molecule has 0 bridgehead atoms. The number of para-hydroxylation sites is 3. The number of fused-ring (bicyclic) bond motifs is 9. The van der Waals surface area contributed by atoms with Crippen molar-refractivity contribution in [2.75, 3.05) is 9.80 Å². The summed E-state index contributed by atoms with van der Waals surface area (Å²) in [6, 6.07) is 60.4. The van der Waals surface area contributed by atoms with Crippen LogP contribution in [0.1, 0.15) is 25.0 Å². The second kappa shape index (κ2) is 11.1. The number of benzene rings is 8. The summed E-state index contributed by atoms with van der Waals surface area (Å²) in [6.07, 6.45) is 0. The SMILES string of the molecule is CC1(C)c2ccccc2N2c3c(cc(N(c4ccc(-c5ccccc5)cc4)c4cccc5c4oc4ccccc45)cc31)Oc1ccc3ccccc3c12. The van der Waals surface area contributed by atoms with Gasteiger partial charge in [-0.1, -0.05) is 135 Å². The van der Waals surface area contributed by atoms with Gasteiger partial charge < -0.3 is 19.0 Å². The molecule has 0 unspecified atom stereocenters. The molecule has 0 fully saturated rings. The molecule has 11 rings (SSSR count). The second-order valence-corrected chi connectivity index (χ2v) is 14.6. The Morgan fingerprint density at radius 2 is 1.23 bits per heavy atom. The summed E-state index contributed by atoms with van der Waals surface area (Å²) in [7, 11) is 0. The summed E-state index contributed by atoms with van der Waals surface area (Å²) >= 11 is 0. The van der Waals surface area contributed by atoms with Gasteiger partial charge in [0.05, 0.1) is 28.4 Å². The van der Waals surface area contributed by atoms with Gasteiger partial charge in [-0.05, 0) is 70.1 Å². The third-order valence-corrected chi connectivity index (χ3v) is 11.2. The molecule has 0 atom stereocenters. The van der Waals surface area contributed by atoms with E-state index in [0.717, 1.165) is 72.8 Å². The Bertz CT molecular complexity index is 2910. The third-order valence-electron chi connectivity index (χ3n) is 11.2. The molecule has 2 aliphatic heterocycles. The fourth-order valence-corrected chi connectivity index (χ4v) is 8.64. The molecule has 3 heterocycles. The Hall–Kier alpha value is -6.78. The Balaban J connectivity index is 1.18. The van der Waals surface area contributed by atoms with Crippen molar-refractivity contribution in [3.8, 4) is 22.6 Å². The van der Waals surface area contributed by atoms with Crippen molar-refractivity contribution < 1.29 is 9.15 Å². The predicted octanol–water partition coefficient (Wildman–Crippen LogP) is 14.1. The first-order valence-corrected chi connectivity index (χ1v) is 18.2. The molecule has 0 radical (unpaired) electrons. The number of nitrogens with zero attached hydrogens (tertiary/aromatic N) is 2. The highest BCUT2D eigenvalue weighted by molar-refractivity contribution is 6.11. The number of ether oxygens (including phenoxy) is 1. The average Bonchev–Trinajstić information content (AvgIpc) is 3.59. The summed E-state index contributed by atoms with van der Waals surface area (Å²) in [5, 5.41) is 4.53. The number of anilines is 6. The maximum atomic E-state index is 7.02. The van der Waals surface area contributed by atoms with Crippen molar-refractivity contribution in [1.82, 2.24) is 0 Å². The molecule has 8 aromatic carbocycles. The van der Waals surface area contributed by atoms with Gasteiger partial charge >= 0.3 is 0 Å². The van der Waals surface area contributed by atoms with Crippen molar-refractivity contribution in [1.29, 1.82) is 0 Å². The van der Waals surface area contributed by atoms with E-state index in [1.54, 1.807) is 0 Å². The molecule has 0 saturated heterocycles. The van der Waals surface area contributed by atoms with Gasteiger partial charge in [-0.25, -0.2) is 0 Å². The minimum absolute atomic E-state index is 0.327. The van der Waals surface area contributed by atoms with Crippen LogP contribution in [0.15, 0.2) is 174 Å². The zero-order chi connectivity index (χ0) is 35.3. The van der Waals surface area contributed by atoms with Crippen molar-refractivity contribution >= 4 is 66.8 Å². The maximum Gasteiger partial charge on any atom is 0.159 e. The molecule has 2 aliphatic rings. The van der Waals surface area contributed by atoms with E-state index in [0.29, 0.717) is 0 Å². The Labute approximate surface area is 307 Å². The van der Waals surface area contributed by atoms with Crippen LogP contribution in [0.5, 0.6) is 11.5 Å². The summed E-state index contributed by atoms with van der Waals surface area (Å²) in [5.41, 5.74) is 12.5. The molecule has 0 spiro atoms. The van der Waals surface area contributed by atoms with E-state index >= 15 is 0 Å². The number of furan rings is 1. The first-order valence-electron chi connectivity index (χ1n) is 18.2. The average molecular weight is 683 g/mol. The van der Waals surface area contributed by atoms with Crippen LogP contribution in [0.25, 0.3) is 43.8 Å². The topological polar surface area (TPSA) is 28.9 Å². The van der Waals surface area contributed by atoms with Crippen LogP contribution in [-0.4, -0.2) is 0 Å². The van der Waals surface area contributed by atoms with Gasteiger partial charge in [-0.2, -0.15) is 0 Å². The van der Waals surface area contributed by atoms with Crippen LogP contribution in [0.3, 0.4) is 0 Å². The first-order chi connectivity index (χ1) is 26.0. The molecule has 0 N–H and O–H groups in total. The standard InChI is InChI=1S/C49H34N2O2/c1-49(2)39-19-9-10-20-41(39)51-46-36-16-7-6-15-33(36)25-28-44(46)52-45-30-35(29-40(49)47(45)51)50(34-26-23-32(24-27-34)31-13-4-3-5-14-31)42-21-12-18-38-37-17-8-11-22-43(37)53-48(38)42/h3-30H,1-2H3. The normalized spacial score (nSPS) is 13.7. The van der Waals surface area contributed by atoms with E-state index in [9.17, 15) is 0 Å². The molecule has 0 saturated carbocycles. The van der Waals surface area contributed by atoms with E-state index in [4.69, 9.17) is 9.15 Å². The van der Waals surface area contributed by atoms with E-state index in [2.05, 4.69) is 181 Å². The molecule has 9 aromatic rings. The lowest BCUT2D eigenvalue weighted by Crippen LogP contribution is -2.32. The van der Waals surface area contributed by atoms with Crippen LogP contribution in [-0.2, 0) is 5.41 Å². The molecular weight excluding hydrogens is 649 g/mol. The van der Waals surface area contributed by atoms with E-state index < -0.39 is 0 Å². The fourth-order valence-electron chi connectivity index (χ4n) is 8.64. The van der Waals surface area contributed by atoms with Crippen molar-refractivity contribution in [2.45, 2.75) is 19.3 Å². The zero-order valence-corrected chi connectivity index (χ0v) is 29.4. The summed E-state index contributed by atoms with van der Waals surface area (Å²) < 4.78 is 13.7. The van der Waals surface area contributed by atoms with Gasteiger partial charge in [0, 0.05) is 33.3 Å². The minimum Gasteiger partial charge on any atom is -0.454 e. The minimum atomic E-state index is -0.327. The highest BCUT2D eigenvalue weighted by Crippen LogP contribution is 2.62. The largest absolute Gasteiger partial charge is 0.454 e. The monoisotopic (exact) mass is 682 g/mol. The highest BCUT2D eigenvalue weighted by Gasteiger charge is 2.43. The third kappa shape index (κ3) is 4.36. The second-order valence-electron chi connectivity index (χ2n) is 14.6. The van der Waals surface area contributed by atoms with E-state index in [1.165, 1.54) is 27.8 Å². The van der Waals surface area contributed by atoms with Gasteiger partial charge in [-0.15, -0.1) is 0 Å². The van der Waals surface area contributed by atoms with Gasteiger partial charge in [0.1, 0.15) is 5.58 Å². The Kier molecular flexibility index (Phi) is 6.27. The summed E-state index contributed by atoms with van der Waals surface area (Å²) in [5.74, 6) is 1.66. The van der Waals surface area contributed by atoms with Crippen LogP contribution >= 0.6 is 0 Å². The van der Waals surface area contributed by atoms with Crippen LogP contribution in [0.4, 0.5) is 34.1 Å². The molecule has 0 aliphatic carbocycles. The smallest absolute Gasteiger partial charge is 0.159 e.